The van der Waals surface area contributed by atoms with Crippen molar-refractivity contribution in [3.63, 3.8) is 0 Å². The number of imidazole rings is 1. The monoisotopic (exact) mass is 298 g/mol. The van der Waals surface area contributed by atoms with E-state index in [0.29, 0.717) is 10.9 Å². The zero-order chi connectivity index (χ0) is 14.9. The van der Waals surface area contributed by atoms with E-state index in [1.165, 1.54) is 17.7 Å². The molecule has 106 valence electrons. The van der Waals surface area contributed by atoms with Gasteiger partial charge in [0.05, 0.1) is 17.1 Å². The van der Waals surface area contributed by atoms with Crippen molar-refractivity contribution in [1.29, 1.82) is 0 Å². The molecule has 0 saturated carbocycles. The lowest BCUT2D eigenvalue weighted by molar-refractivity contribution is -0.133. The van der Waals surface area contributed by atoms with Gasteiger partial charge in [0.25, 0.3) is 0 Å². The van der Waals surface area contributed by atoms with Gasteiger partial charge >= 0.3 is 5.97 Å². The highest BCUT2D eigenvalue weighted by molar-refractivity contribution is 7.99. The van der Waals surface area contributed by atoms with E-state index in [2.05, 4.69) is 4.98 Å². The van der Waals surface area contributed by atoms with E-state index in [1.807, 2.05) is 0 Å². The normalized spacial score (nSPS) is 10.8. The molecular weight excluding hydrogens is 286 g/mol. The molecule has 0 bridgehead atoms. The van der Waals surface area contributed by atoms with Crippen LogP contribution in [0.5, 0.6) is 0 Å². The molecule has 1 aromatic carbocycles. The van der Waals surface area contributed by atoms with Crippen molar-refractivity contribution in [2.75, 3.05) is 5.75 Å². The fourth-order valence-electron chi connectivity index (χ4n) is 1.70. The lowest BCUT2D eigenvalue weighted by Gasteiger charge is -2.09. The Kier molecular flexibility index (Phi) is 4.08. The summed E-state index contributed by atoms with van der Waals surface area (Å²) in [6.45, 7) is 3.17. The third-order valence-corrected chi connectivity index (χ3v) is 3.54. The Hall–Kier alpha value is -1.89. The van der Waals surface area contributed by atoms with Crippen LogP contribution in [0.4, 0.5) is 8.78 Å². The second-order valence-electron chi connectivity index (χ2n) is 4.27. The summed E-state index contributed by atoms with van der Waals surface area (Å²) in [5.41, 5.74) is 0.822. The summed E-state index contributed by atoms with van der Waals surface area (Å²) in [5.74, 6) is -2.31. The van der Waals surface area contributed by atoms with E-state index < -0.39 is 17.6 Å². The molecule has 7 heteroatoms. The number of aryl methyl sites for hydroxylation is 2. The molecule has 0 fully saturated rings. The molecule has 20 heavy (non-hydrogen) atoms. The summed E-state index contributed by atoms with van der Waals surface area (Å²) in [4.78, 5) is 14.7. The van der Waals surface area contributed by atoms with Gasteiger partial charge in [0.15, 0.2) is 5.16 Å². The van der Waals surface area contributed by atoms with Gasteiger partial charge in [-0.1, -0.05) is 11.8 Å². The van der Waals surface area contributed by atoms with Crippen LogP contribution >= 0.6 is 11.8 Å². The van der Waals surface area contributed by atoms with Crippen LogP contribution in [-0.2, 0) is 4.79 Å². The van der Waals surface area contributed by atoms with Crippen molar-refractivity contribution in [3.8, 4) is 5.69 Å². The number of carboxylic acids is 1. The van der Waals surface area contributed by atoms with Crippen molar-refractivity contribution in [2.24, 2.45) is 0 Å². The van der Waals surface area contributed by atoms with E-state index in [-0.39, 0.29) is 17.0 Å². The first kappa shape index (κ1) is 14.5. The molecule has 0 aliphatic carbocycles. The highest BCUT2D eigenvalue weighted by Crippen LogP contribution is 2.25. The topological polar surface area (TPSA) is 55.1 Å². The van der Waals surface area contributed by atoms with Crippen LogP contribution in [0.3, 0.4) is 0 Å². The molecule has 4 nitrogen and oxygen atoms in total. The van der Waals surface area contributed by atoms with Gasteiger partial charge in [0, 0.05) is 12.3 Å². The maximum Gasteiger partial charge on any atom is 0.313 e. The summed E-state index contributed by atoms with van der Waals surface area (Å²) in [5, 5.41) is 9.00. The molecular formula is C13H12F2N2O2S. The fraction of sp³-hybridized carbons (Fsp3) is 0.231. The number of aliphatic carboxylic acids is 1. The van der Waals surface area contributed by atoms with Crippen LogP contribution in [0.1, 0.15) is 11.3 Å². The third-order valence-electron chi connectivity index (χ3n) is 2.61. The van der Waals surface area contributed by atoms with Crippen LogP contribution in [0.15, 0.2) is 23.5 Å². The molecule has 0 aliphatic heterocycles. The molecule has 0 aliphatic rings. The Bertz CT molecular complexity index is 671. The van der Waals surface area contributed by atoms with Gasteiger partial charge in [0.2, 0.25) is 0 Å². The first-order chi connectivity index (χ1) is 9.38. The maximum atomic E-state index is 14.0. The quantitative estimate of drug-likeness (QED) is 0.882. The third kappa shape index (κ3) is 2.98. The van der Waals surface area contributed by atoms with Gasteiger partial charge in [-0.2, -0.15) is 0 Å². The summed E-state index contributed by atoms with van der Waals surface area (Å²) in [6.07, 6.45) is 1.54. The van der Waals surface area contributed by atoms with Crippen LogP contribution in [0, 0.1) is 25.5 Å². The molecule has 1 aromatic heterocycles. The van der Waals surface area contributed by atoms with Gasteiger partial charge in [-0.25, -0.2) is 13.8 Å². The molecule has 0 saturated heterocycles. The van der Waals surface area contributed by atoms with E-state index in [0.717, 1.165) is 23.9 Å². The minimum Gasteiger partial charge on any atom is -0.481 e. The second kappa shape index (κ2) is 5.62. The number of thioether (sulfide) groups is 1. The Morgan fingerprint density at radius 3 is 2.70 bits per heavy atom. The van der Waals surface area contributed by atoms with Crippen molar-refractivity contribution in [2.45, 2.75) is 19.0 Å². The van der Waals surface area contributed by atoms with Crippen LogP contribution in [-0.4, -0.2) is 26.4 Å². The number of rotatable bonds is 4. The maximum absolute atomic E-state index is 14.0. The molecule has 1 heterocycles. The number of halogens is 2. The van der Waals surface area contributed by atoms with Gasteiger partial charge in [-0.05, 0) is 25.5 Å². The van der Waals surface area contributed by atoms with Gasteiger partial charge in [0.1, 0.15) is 11.6 Å². The summed E-state index contributed by atoms with van der Waals surface area (Å²) in [6, 6.07) is 2.18. The SMILES string of the molecule is Cc1cn(-c2cc(F)c(C)cc2F)c(SCC(=O)O)n1. The van der Waals surface area contributed by atoms with Crippen molar-refractivity contribution in [1.82, 2.24) is 9.55 Å². The summed E-state index contributed by atoms with van der Waals surface area (Å²) in [7, 11) is 0. The molecule has 0 spiro atoms. The van der Waals surface area contributed by atoms with Crippen molar-refractivity contribution in [3.05, 3.63) is 41.2 Å². The zero-order valence-electron chi connectivity index (χ0n) is 10.9. The fourth-order valence-corrected chi connectivity index (χ4v) is 2.45. The average Bonchev–Trinajstić information content (AvgIpc) is 2.72. The largest absolute Gasteiger partial charge is 0.481 e. The first-order valence-corrected chi connectivity index (χ1v) is 6.73. The lowest BCUT2D eigenvalue weighted by Crippen LogP contribution is -2.03. The lowest BCUT2D eigenvalue weighted by atomic mass is 10.2. The predicted molar refractivity (Wildman–Crippen MR) is 71.3 cm³/mol. The Morgan fingerprint density at radius 2 is 2.05 bits per heavy atom. The zero-order valence-corrected chi connectivity index (χ0v) is 11.7. The molecule has 0 unspecified atom stereocenters. The van der Waals surface area contributed by atoms with Gasteiger partial charge in [-0.3, -0.25) is 9.36 Å². The summed E-state index contributed by atoms with van der Waals surface area (Å²) < 4.78 is 28.9. The predicted octanol–water partition coefficient (Wildman–Crippen LogP) is 2.94. The molecule has 0 amide bonds. The average molecular weight is 298 g/mol. The Morgan fingerprint density at radius 1 is 1.35 bits per heavy atom. The number of benzene rings is 1. The minimum atomic E-state index is -1.00. The molecule has 0 atom stereocenters. The number of nitrogens with zero attached hydrogens (tertiary/aromatic N) is 2. The standard InChI is InChI=1S/C13H12F2N2O2S/c1-7-3-10(15)11(4-9(7)14)17-5-8(2)16-13(17)20-6-12(18)19/h3-5H,6H2,1-2H3,(H,18,19). The molecule has 1 N–H and O–H groups in total. The van der Waals surface area contributed by atoms with E-state index in [1.54, 1.807) is 6.92 Å². The van der Waals surface area contributed by atoms with Gasteiger partial charge < -0.3 is 5.11 Å². The van der Waals surface area contributed by atoms with Crippen molar-refractivity contribution < 1.29 is 18.7 Å². The van der Waals surface area contributed by atoms with E-state index >= 15 is 0 Å². The number of aromatic nitrogens is 2. The smallest absolute Gasteiger partial charge is 0.313 e. The second-order valence-corrected chi connectivity index (χ2v) is 5.21. The van der Waals surface area contributed by atoms with Crippen LogP contribution in [0.25, 0.3) is 5.69 Å². The van der Waals surface area contributed by atoms with Crippen molar-refractivity contribution >= 4 is 17.7 Å². The van der Waals surface area contributed by atoms with E-state index in [4.69, 9.17) is 5.11 Å². The number of hydrogen-bond acceptors (Lipinski definition) is 3. The molecule has 2 rings (SSSR count). The van der Waals surface area contributed by atoms with Gasteiger partial charge in [-0.15, -0.1) is 0 Å². The number of carboxylic acid groups (broad SMARTS) is 1. The van der Waals surface area contributed by atoms with E-state index in [9.17, 15) is 13.6 Å². The van der Waals surface area contributed by atoms with Crippen LogP contribution < -0.4 is 0 Å². The Labute approximate surface area is 118 Å². The summed E-state index contributed by atoms with van der Waals surface area (Å²) >= 11 is 0.953. The highest BCUT2D eigenvalue weighted by atomic mass is 32.2. The first-order valence-electron chi connectivity index (χ1n) is 5.75. The number of hydrogen-bond donors (Lipinski definition) is 1. The number of carbonyl (C=O) groups is 1. The molecule has 2 aromatic rings. The minimum absolute atomic E-state index is 0.0154. The Balaban J connectivity index is 2.47. The molecule has 0 radical (unpaired) electrons. The van der Waals surface area contributed by atoms with Crippen LogP contribution in [0.2, 0.25) is 0 Å². The highest BCUT2D eigenvalue weighted by Gasteiger charge is 2.15.